The molecule has 1 atom stereocenters. The van der Waals surface area contributed by atoms with Crippen molar-refractivity contribution in [2.45, 2.75) is 19.3 Å². The lowest BCUT2D eigenvalue weighted by Gasteiger charge is -2.24. The van der Waals surface area contributed by atoms with Gasteiger partial charge in [0.05, 0.1) is 5.69 Å². The lowest BCUT2D eigenvalue weighted by molar-refractivity contribution is -0.116. The van der Waals surface area contributed by atoms with Crippen molar-refractivity contribution in [3.63, 3.8) is 0 Å². The zero-order valence-corrected chi connectivity index (χ0v) is 14.9. The normalized spacial score (nSPS) is 15.7. The van der Waals surface area contributed by atoms with E-state index in [1.165, 1.54) is 0 Å². The Bertz CT molecular complexity index is 997. The SMILES string of the molecule is C=CCOc1cccc([C@H]2CC(=O)Nc3c2c(C)nn3-c2ncccn2)c1. The summed E-state index contributed by atoms with van der Waals surface area (Å²) in [7, 11) is 0. The third-order valence-corrected chi connectivity index (χ3v) is 4.47. The second kappa shape index (κ2) is 7.03. The summed E-state index contributed by atoms with van der Waals surface area (Å²) in [5.41, 5.74) is 2.81. The number of nitrogens with one attached hydrogen (secondary N) is 1. The first-order chi connectivity index (χ1) is 13.2. The highest BCUT2D eigenvalue weighted by molar-refractivity contribution is 5.95. The molecule has 0 radical (unpaired) electrons. The molecule has 1 aliphatic heterocycles. The van der Waals surface area contributed by atoms with Crippen molar-refractivity contribution in [1.82, 2.24) is 19.7 Å². The van der Waals surface area contributed by atoms with Gasteiger partial charge in [0.1, 0.15) is 18.2 Å². The monoisotopic (exact) mass is 361 g/mol. The third-order valence-electron chi connectivity index (χ3n) is 4.47. The lowest BCUT2D eigenvalue weighted by Crippen LogP contribution is -2.25. The third kappa shape index (κ3) is 3.19. The van der Waals surface area contributed by atoms with E-state index in [-0.39, 0.29) is 11.8 Å². The summed E-state index contributed by atoms with van der Waals surface area (Å²) in [5.74, 6) is 1.61. The molecule has 0 fully saturated rings. The van der Waals surface area contributed by atoms with Crippen LogP contribution in [0.5, 0.6) is 5.75 Å². The fourth-order valence-electron chi connectivity index (χ4n) is 3.35. The largest absolute Gasteiger partial charge is 0.490 e. The van der Waals surface area contributed by atoms with E-state index < -0.39 is 0 Å². The molecule has 0 spiro atoms. The Balaban J connectivity index is 1.79. The van der Waals surface area contributed by atoms with Gasteiger partial charge in [-0.1, -0.05) is 24.8 Å². The van der Waals surface area contributed by atoms with Gasteiger partial charge in [-0.3, -0.25) is 4.79 Å². The predicted molar refractivity (Wildman–Crippen MR) is 101 cm³/mol. The van der Waals surface area contributed by atoms with Crippen LogP contribution in [-0.2, 0) is 4.79 Å². The Kier molecular flexibility index (Phi) is 4.42. The molecule has 1 aromatic carbocycles. The van der Waals surface area contributed by atoms with Crippen LogP contribution in [0.1, 0.15) is 29.2 Å². The maximum atomic E-state index is 12.4. The van der Waals surface area contributed by atoms with E-state index in [1.54, 1.807) is 29.2 Å². The van der Waals surface area contributed by atoms with Gasteiger partial charge in [0.25, 0.3) is 5.95 Å². The Morgan fingerprint density at radius 3 is 2.93 bits per heavy atom. The summed E-state index contributed by atoms with van der Waals surface area (Å²) in [4.78, 5) is 20.9. The number of rotatable bonds is 5. The molecule has 4 rings (SSSR count). The quantitative estimate of drug-likeness (QED) is 0.707. The average molecular weight is 361 g/mol. The zero-order valence-electron chi connectivity index (χ0n) is 14.9. The van der Waals surface area contributed by atoms with Gasteiger partial charge in [0, 0.05) is 30.3 Å². The summed E-state index contributed by atoms with van der Waals surface area (Å²) >= 11 is 0. The van der Waals surface area contributed by atoms with Crippen molar-refractivity contribution >= 4 is 11.7 Å². The predicted octanol–water partition coefficient (Wildman–Crippen LogP) is 3.01. The van der Waals surface area contributed by atoms with E-state index in [0.29, 0.717) is 24.8 Å². The number of hydrogen-bond acceptors (Lipinski definition) is 5. The number of hydrogen-bond donors (Lipinski definition) is 1. The molecule has 7 nitrogen and oxygen atoms in total. The van der Waals surface area contributed by atoms with Crippen molar-refractivity contribution in [3.05, 3.63) is 72.2 Å². The van der Waals surface area contributed by atoms with E-state index in [4.69, 9.17) is 4.74 Å². The highest BCUT2D eigenvalue weighted by Crippen LogP contribution is 2.40. The summed E-state index contributed by atoms with van der Waals surface area (Å²) < 4.78 is 7.24. The van der Waals surface area contributed by atoms with E-state index in [0.717, 1.165) is 22.6 Å². The van der Waals surface area contributed by atoms with Crippen molar-refractivity contribution in [2.24, 2.45) is 0 Å². The second-order valence-electron chi connectivity index (χ2n) is 6.29. The number of fused-ring (bicyclic) bond motifs is 1. The van der Waals surface area contributed by atoms with E-state index in [9.17, 15) is 4.79 Å². The van der Waals surface area contributed by atoms with Gasteiger partial charge >= 0.3 is 0 Å². The van der Waals surface area contributed by atoms with Crippen molar-refractivity contribution < 1.29 is 9.53 Å². The summed E-state index contributed by atoms with van der Waals surface area (Å²) in [6.07, 6.45) is 5.34. The van der Waals surface area contributed by atoms with Crippen LogP contribution < -0.4 is 10.1 Å². The fourth-order valence-corrected chi connectivity index (χ4v) is 3.35. The van der Waals surface area contributed by atoms with Crippen LogP contribution in [-0.4, -0.2) is 32.3 Å². The number of carbonyl (C=O) groups is 1. The molecule has 3 heterocycles. The molecule has 0 saturated heterocycles. The van der Waals surface area contributed by atoms with Crippen LogP contribution in [0.15, 0.2) is 55.4 Å². The first-order valence-electron chi connectivity index (χ1n) is 8.68. The minimum absolute atomic E-state index is 0.0676. The van der Waals surface area contributed by atoms with E-state index >= 15 is 0 Å². The number of aromatic nitrogens is 4. The highest BCUT2D eigenvalue weighted by atomic mass is 16.5. The summed E-state index contributed by atoms with van der Waals surface area (Å²) in [6.45, 7) is 6.03. The number of anilines is 1. The molecule has 0 saturated carbocycles. The van der Waals surface area contributed by atoms with Crippen LogP contribution in [0.2, 0.25) is 0 Å². The van der Waals surface area contributed by atoms with Gasteiger partial charge in [0.15, 0.2) is 0 Å². The molecule has 3 aromatic rings. The van der Waals surface area contributed by atoms with Crippen LogP contribution in [0, 0.1) is 6.92 Å². The van der Waals surface area contributed by atoms with Gasteiger partial charge in [0.2, 0.25) is 5.91 Å². The highest BCUT2D eigenvalue weighted by Gasteiger charge is 2.33. The molecule has 27 heavy (non-hydrogen) atoms. The molecule has 136 valence electrons. The van der Waals surface area contributed by atoms with Gasteiger partial charge in [-0.05, 0) is 30.7 Å². The van der Waals surface area contributed by atoms with Gasteiger partial charge < -0.3 is 10.1 Å². The molecule has 0 bridgehead atoms. The first-order valence-corrected chi connectivity index (χ1v) is 8.68. The maximum absolute atomic E-state index is 12.4. The van der Waals surface area contributed by atoms with Crippen LogP contribution in [0.25, 0.3) is 5.95 Å². The summed E-state index contributed by atoms with van der Waals surface area (Å²) in [6, 6.07) is 9.53. The standard InChI is InChI=1S/C20H19N5O2/c1-3-10-27-15-7-4-6-14(11-15)16-12-17(26)23-19-18(16)13(2)24-25(19)20-21-8-5-9-22-20/h3-9,11,16H,1,10,12H2,2H3,(H,23,26)/t16-/m1/s1. The van der Waals surface area contributed by atoms with Crippen molar-refractivity contribution in [3.8, 4) is 11.7 Å². The number of nitrogens with zero attached hydrogens (tertiary/aromatic N) is 4. The first kappa shape index (κ1) is 17.0. The molecule has 1 aliphatic rings. The maximum Gasteiger partial charge on any atom is 0.252 e. The minimum atomic E-state index is -0.113. The minimum Gasteiger partial charge on any atom is -0.490 e. The van der Waals surface area contributed by atoms with Crippen LogP contribution >= 0.6 is 0 Å². The number of benzene rings is 1. The Hall–Kier alpha value is -3.48. The van der Waals surface area contributed by atoms with Crippen LogP contribution in [0.3, 0.4) is 0 Å². The number of ether oxygens (including phenoxy) is 1. The van der Waals surface area contributed by atoms with Gasteiger partial charge in [-0.15, -0.1) is 0 Å². The molecule has 7 heteroatoms. The Morgan fingerprint density at radius 1 is 1.33 bits per heavy atom. The van der Waals surface area contributed by atoms with E-state index in [2.05, 4.69) is 27.0 Å². The molecule has 1 N–H and O–H groups in total. The van der Waals surface area contributed by atoms with Crippen molar-refractivity contribution in [1.29, 1.82) is 0 Å². The number of aryl methyl sites for hydroxylation is 1. The van der Waals surface area contributed by atoms with Gasteiger partial charge in [-0.2, -0.15) is 9.78 Å². The molecule has 2 aromatic heterocycles. The van der Waals surface area contributed by atoms with Crippen molar-refractivity contribution in [2.75, 3.05) is 11.9 Å². The molecule has 0 unspecified atom stereocenters. The topological polar surface area (TPSA) is 81.9 Å². The smallest absolute Gasteiger partial charge is 0.252 e. The fraction of sp³-hybridized carbons (Fsp3) is 0.200. The van der Waals surface area contributed by atoms with E-state index in [1.807, 2.05) is 31.2 Å². The Labute approximate surface area is 156 Å². The second-order valence-corrected chi connectivity index (χ2v) is 6.29. The lowest BCUT2D eigenvalue weighted by atomic mass is 9.86. The molecule has 1 amide bonds. The molecule has 0 aliphatic carbocycles. The molecular weight excluding hydrogens is 342 g/mol. The van der Waals surface area contributed by atoms with Gasteiger partial charge in [-0.25, -0.2) is 9.97 Å². The Morgan fingerprint density at radius 2 is 2.15 bits per heavy atom. The molecular formula is C20H19N5O2. The van der Waals surface area contributed by atoms with Crippen LogP contribution in [0.4, 0.5) is 5.82 Å². The summed E-state index contributed by atoms with van der Waals surface area (Å²) in [5, 5.41) is 7.51. The number of carbonyl (C=O) groups excluding carboxylic acids is 1. The number of amides is 1. The zero-order chi connectivity index (χ0) is 18.8. The average Bonchev–Trinajstić information content (AvgIpc) is 3.03.